The summed E-state index contributed by atoms with van der Waals surface area (Å²) in [6, 6.07) is 8.17. The van der Waals surface area contributed by atoms with Gasteiger partial charge in [-0.1, -0.05) is 46.7 Å². The lowest BCUT2D eigenvalue weighted by Crippen LogP contribution is -2.01. The van der Waals surface area contributed by atoms with Crippen LogP contribution < -0.4 is 0 Å². The van der Waals surface area contributed by atoms with Gasteiger partial charge in [0.05, 0.1) is 0 Å². The summed E-state index contributed by atoms with van der Waals surface area (Å²) in [5.41, 5.74) is 3.63. The lowest BCUT2D eigenvalue weighted by atomic mass is 10.1. The second-order valence-corrected chi connectivity index (χ2v) is 6.22. The van der Waals surface area contributed by atoms with Gasteiger partial charge in [-0.15, -0.1) is 0 Å². The van der Waals surface area contributed by atoms with E-state index in [9.17, 15) is 0 Å². The second kappa shape index (κ2) is 5.55. The third-order valence-electron chi connectivity index (χ3n) is 3.58. The summed E-state index contributed by atoms with van der Waals surface area (Å²) in [6.07, 6.45) is 5.90. The maximum absolute atomic E-state index is 5.47. The first-order chi connectivity index (χ1) is 9.24. The van der Waals surface area contributed by atoms with Crippen LogP contribution in [0.2, 0.25) is 0 Å². The molecule has 0 amide bonds. The molecule has 0 unspecified atom stereocenters. The molecule has 0 atom stereocenters. The predicted octanol–water partition coefficient (Wildman–Crippen LogP) is 4.84. The van der Waals surface area contributed by atoms with Gasteiger partial charge in [-0.3, -0.25) is 0 Å². The Morgan fingerprint density at radius 3 is 2.58 bits per heavy atom. The molecule has 4 heteroatoms. The van der Waals surface area contributed by atoms with E-state index < -0.39 is 0 Å². The number of H-pyrrole nitrogens is 1. The molecule has 19 heavy (non-hydrogen) atoms. The quantitative estimate of drug-likeness (QED) is 0.597. The fourth-order valence-corrected chi connectivity index (χ4v) is 3.12. The van der Waals surface area contributed by atoms with Crippen LogP contribution in [0.15, 0.2) is 28.7 Å². The van der Waals surface area contributed by atoms with Crippen molar-refractivity contribution in [2.24, 2.45) is 0 Å². The summed E-state index contributed by atoms with van der Waals surface area (Å²) in [7, 11) is 0. The third-order valence-corrected chi connectivity index (χ3v) is 4.44. The van der Waals surface area contributed by atoms with Crippen LogP contribution in [-0.4, -0.2) is 9.97 Å². The lowest BCUT2D eigenvalue weighted by molar-refractivity contribution is 0.708. The summed E-state index contributed by atoms with van der Waals surface area (Å²) in [4.78, 5) is 8.06. The number of hydrogen-bond acceptors (Lipinski definition) is 2. The van der Waals surface area contributed by atoms with Gasteiger partial charge in [0.2, 0.25) is 0 Å². The minimum Gasteiger partial charge on any atom is -0.343 e. The molecule has 1 aliphatic rings. The first-order valence-electron chi connectivity index (χ1n) is 6.62. The van der Waals surface area contributed by atoms with E-state index in [0.29, 0.717) is 0 Å². The molecule has 0 fully saturated rings. The van der Waals surface area contributed by atoms with Crippen LogP contribution in [0, 0.1) is 4.64 Å². The summed E-state index contributed by atoms with van der Waals surface area (Å²) in [6.45, 7) is 0. The van der Waals surface area contributed by atoms with Crippen LogP contribution >= 0.6 is 28.1 Å². The summed E-state index contributed by atoms with van der Waals surface area (Å²) < 4.78 is 1.85. The van der Waals surface area contributed by atoms with E-state index in [1.165, 1.54) is 30.5 Å². The zero-order valence-corrected chi connectivity index (χ0v) is 13.0. The molecule has 0 bridgehead atoms. The minimum absolute atomic E-state index is 0.772. The monoisotopic (exact) mass is 334 g/mol. The van der Waals surface area contributed by atoms with E-state index in [2.05, 4.69) is 38.0 Å². The molecule has 0 radical (unpaired) electrons. The van der Waals surface area contributed by atoms with E-state index in [1.807, 2.05) is 12.1 Å². The molecule has 1 aromatic carbocycles. The summed E-state index contributed by atoms with van der Waals surface area (Å²) >= 11 is 8.92. The Balaban J connectivity index is 2.08. The van der Waals surface area contributed by atoms with E-state index in [4.69, 9.17) is 12.2 Å². The first kappa shape index (κ1) is 13.0. The molecule has 0 saturated carbocycles. The molecule has 98 valence electrons. The average Bonchev–Trinajstić information content (AvgIpc) is 2.65. The molecule has 1 aliphatic carbocycles. The van der Waals surface area contributed by atoms with Crippen LogP contribution in [0.3, 0.4) is 0 Å². The number of fused-ring (bicyclic) bond motifs is 1. The van der Waals surface area contributed by atoms with Crippen molar-refractivity contribution >= 4 is 28.1 Å². The van der Waals surface area contributed by atoms with Crippen LogP contribution in [0.4, 0.5) is 0 Å². The van der Waals surface area contributed by atoms with Crippen molar-refractivity contribution in [3.8, 4) is 11.4 Å². The number of aryl methyl sites for hydroxylation is 1. The highest BCUT2D eigenvalue weighted by Gasteiger charge is 2.12. The van der Waals surface area contributed by atoms with Crippen LogP contribution in [0.25, 0.3) is 11.4 Å². The summed E-state index contributed by atoms with van der Waals surface area (Å²) in [5, 5.41) is 0. The van der Waals surface area contributed by atoms with Crippen LogP contribution in [0.1, 0.15) is 30.5 Å². The molecule has 0 aliphatic heterocycles. The maximum Gasteiger partial charge on any atom is 0.139 e. The van der Waals surface area contributed by atoms with Gasteiger partial charge in [-0.05, 0) is 37.8 Å². The fraction of sp³-hybridized carbons (Fsp3) is 0.333. The SMILES string of the molecule is S=c1nc(-c2ccc(Br)cc2)[nH]c2c1CCCCC2. The average molecular weight is 335 g/mol. The van der Waals surface area contributed by atoms with Gasteiger partial charge in [-0.2, -0.15) is 0 Å². The highest BCUT2D eigenvalue weighted by atomic mass is 79.9. The third kappa shape index (κ3) is 2.79. The Kier molecular flexibility index (Phi) is 3.80. The van der Waals surface area contributed by atoms with E-state index >= 15 is 0 Å². The fourth-order valence-electron chi connectivity index (χ4n) is 2.54. The van der Waals surface area contributed by atoms with Gasteiger partial charge >= 0.3 is 0 Å². The number of halogens is 1. The molecule has 1 heterocycles. The van der Waals surface area contributed by atoms with Crippen molar-refractivity contribution in [3.05, 3.63) is 44.6 Å². The maximum atomic E-state index is 5.47. The molecule has 2 nitrogen and oxygen atoms in total. The number of aromatic amines is 1. The van der Waals surface area contributed by atoms with Gasteiger partial charge in [-0.25, -0.2) is 4.98 Å². The zero-order chi connectivity index (χ0) is 13.2. The largest absolute Gasteiger partial charge is 0.343 e. The van der Waals surface area contributed by atoms with Crippen molar-refractivity contribution in [1.29, 1.82) is 0 Å². The van der Waals surface area contributed by atoms with Gasteiger partial charge in [0.15, 0.2) is 0 Å². The van der Waals surface area contributed by atoms with Crippen LogP contribution in [-0.2, 0) is 12.8 Å². The van der Waals surface area contributed by atoms with Gasteiger partial charge in [0.1, 0.15) is 10.5 Å². The molecule has 3 rings (SSSR count). The minimum atomic E-state index is 0.772. The predicted molar refractivity (Wildman–Crippen MR) is 83.8 cm³/mol. The number of rotatable bonds is 1. The standard InChI is InChI=1S/C15H15BrN2S/c16-11-8-6-10(7-9-11)14-17-13-5-3-1-2-4-12(13)15(19)18-14/h6-9H,1-5H2,(H,17,18,19). The molecule has 0 spiro atoms. The molecular formula is C15H15BrN2S. The van der Waals surface area contributed by atoms with Crippen molar-refractivity contribution in [2.45, 2.75) is 32.1 Å². The zero-order valence-electron chi connectivity index (χ0n) is 10.6. The Hall–Kier alpha value is -1.00. The van der Waals surface area contributed by atoms with Crippen molar-refractivity contribution in [1.82, 2.24) is 9.97 Å². The summed E-state index contributed by atoms with van der Waals surface area (Å²) in [5.74, 6) is 0.887. The highest BCUT2D eigenvalue weighted by molar-refractivity contribution is 9.10. The van der Waals surface area contributed by atoms with Crippen molar-refractivity contribution in [2.75, 3.05) is 0 Å². The molecule has 2 aromatic rings. The second-order valence-electron chi connectivity index (χ2n) is 4.92. The lowest BCUT2D eigenvalue weighted by Gasteiger charge is -2.09. The Morgan fingerprint density at radius 2 is 1.79 bits per heavy atom. The van der Waals surface area contributed by atoms with Crippen molar-refractivity contribution < 1.29 is 0 Å². The normalized spacial score (nSPS) is 14.8. The molecule has 1 aromatic heterocycles. The van der Waals surface area contributed by atoms with Gasteiger partial charge in [0.25, 0.3) is 0 Å². The van der Waals surface area contributed by atoms with Crippen molar-refractivity contribution in [3.63, 3.8) is 0 Å². The van der Waals surface area contributed by atoms with E-state index in [1.54, 1.807) is 0 Å². The number of nitrogens with one attached hydrogen (secondary N) is 1. The highest BCUT2D eigenvalue weighted by Crippen LogP contribution is 2.24. The number of aromatic nitrogens is 2. The van der Waals surface area contributed by atoms with Crippen LogP contribution in [0.5, 0.6) is 0 Å². The molecule has 1 N–H and O–H groups in total. The number of hydrogen-bond donors (Lipinski definition) is 1. The Bertz CT molecular complexity index is 646. The smallest absolute Gasteiger partial charge is 0.139 e. The first-order valence-corrected chi connectivity index (χ1v) is 7.82. The topological polar surface area (TPSA) is 28.7 Å². The van der Waals surface area contributed by atoms with E-state index in [-0.39, 0.29) is 0 Å². The van der Waals surface area contributed by atoms with Gasteiger partial charge < -0.3 is 4.98 Å². The number of nitrogens with zero attached hydrogens (tertiary/aromatic N) is 1. The molecule has 0 saturated heterocycles. The molecular weight excluding hydrogens is 320 g/mol. The van der Waals surface area contributed by atoms with Gasteiger partial charge in [0, 0.05) is 21.3 Å². The van der Waals surface area contributed by atoms with E-state index in [0.717, 1.165) is 33.3 Å². The Labute approximate surface area is 126 Å². The Morgan fingerprint density at radius 1 is 1.05 bits per heavy atom. The number of benzene rings is 1.